The Bertz CT molecular complexity index is 500. The van der Waals surface area contributed by atoms with Crippen molar-refractivity contribution in [2.45, 2.75) is 18.2 Å². The van der Waals surface area contributed by atoms with Crippen LogP contribution in [0.5, 0.6) is 0 Å². The Morgan fingerprint density at radius 2 is 1.79 bits per heavy atom. The van der Waals surface area contributed by atoms with Gasteiger partial charge in [0.2, 0.25) is 10.0 Å². The van der Waals surface area contributed by atoms with Crippen LogP contribution >= 0.6 is 0 Å². The van der Waals surface area contributed by atoms with Gasteiger partial charge >= 0.3 is 0 Å². The standard InChI is InChI=1S/C13H23N3O2S/c1-4-16(11-7-10-15(2)3)19(17,18)13-9-6-5-8-12(13)14/h5-6,8-9H,4,7,10-11,14H2,1-3H3. The van der Waals surface area contributed by atoms with Crippen LogP contribution in [0.1, 0.15) is 13.3 Å². The molecule has 0 aromatic heterocycles. The van der Waals surface area contributed by atoms with Gasteiger partial charge in [-0.2, -0.15) is 4.31 Å². The lowest BCUT2D eigenvalue weighted by Gasteiger charge is -2.22. The van der Waals surface area contributed by atoms with E-state index in [1.54, 1.807) is 24.3 Å². The number of para-hydroxylation sites is 1. The zero-order valence-corrected chi connectivity index (χ0v) is 12.7. The molecule has 0 heterocycles. The Morgan fingerprint density at radius 3 is 2.32 bits per heavy atom. The zero-order valence-electron chi connectivity index (χ0n) is 11.8. The second-order valence-electron chi connectivity index (χ2n) is 4.69. The molecule has 1 rings (SSSR count). The van der Waals surface area contributed by atoms with Crippen molar-refractivity contribution in [1.82, 2.24) is 9.21 Å². The second-order valence-corrected chi connectivity index (χ2v) is 6.60. The van der Waals surface area contributed by atoms with Gasteiger partial charge in [-0.25, -0.2) is 8.42 Å². The Kier molecular flexibility index (Phi) is 5.78. The maximum absolute atomic E-state index is 12.5. The number of rotatable bonds is 7. The molecule has 6 heteroatoms. The van der Waals surface area contributed by atoms with Crippen molar-refractivity contribution in [1.29, 1.82) is 0 Å². The van der Waals surface area contributed by atoms with Gasteiger partial charge in [0, 0.05) is 13.1 Å². The normalized spacial score (nSPS) is 12.3. The second kappa shape index (κ2) is 6.88. The van der Waals surface area contributed by atoms with Crippen LogP contribution < -0.4 is 5.73 Å². The van der Waals surface area contributed by atoms with Crippen LogP contribution in [0.2, 0.25) is 0 Å². The van der Waals surface area contributed by atoms with Crippen molar-refractivity contribution in [3.05, 3.63) is 24.3 Å². The van der Waals surface area contributed by atoms with Gasteiger partial charge in [-0.1, -0.05) is 19.1 Å². The lowest BCUT2D eigenvalue weighted by molar-refractivity contribution is 0.356. The summed E-state index contributed by atoms with van der Waals surface area (Å²) in [6, 6.07) is 6.59. The number of hydrogen-bond acceptors (Lipinski definition) is 4. The van der Waals surface area contributed by atoms with Gasteiger partial charge in [0.15, 0.2) is 0 Å². The molecule has 0 aliphatic rings. The average Bonchev–Trinajstić information content (AvgIpc) is 2.34. The molecule has 1 aromatic rings. The number of hydrogen-bond donors (Lipinski definition) is 1. The highest BCUT2D eigenvalue weighted by Gasteiger charge is 2.24. The highest BCUT2D eigenvalue weighted by molar-refractivity contribution is 7.89. The summed E-state index contributed by atoms with van der Waals surface area (Å²) in [4.78, 5) is 2.24. The van der Waals surface area contributed by atoms with E-state index in [9.17, 15) is 8.42 Å². The molecule has 0 saturated carbocycles. The fraction of sp³-hybridized carbons (Fsp3) is 0.538. The molecule has 0 atom stereocenters. The topological polar surface area (TPSA) is 66.6 Å². The molecule has 19 heavy (non-hydrogen) atoms. The zero-order chi connectivity index (χ0) is 14.5. The van der Waals surface area contributed by atoms with E-state index in [0.717, 1.165) is 13.0 Å². The molecular weight excluding hydrogens is 262 g/mol. The van der Waals surface area contributed by atoms with E-state index in [2.05, 4.69) is 0 Å². The maximum atomic E-state index is 12.5. The Morgan fingerprint density at radius 1 is 1.16 bits per heavy atom. The third-order valence-electron chi connectivity index (χ3n) is 2.90. The summed E-state index contributed by atoms with van der Waals surface area (Å²) in [5.41, 5.74) is 6.06. The van der Waals surface area contributed by atoms with Crippen molar-refractivity contribution in [2.75, 3.05) is 39.5 Å². The van der Waals surface area contributed by atoms with Crippen LogP contribution in [0, 0.1) is 0 Å². The molecular formula is C13H23N3O2S. The number of nitrogen functional groups attached to an aromatic ring is 1. The molecule has 0 bridgehead atoms. The Labute approximate surface area is 116 Å². The predicted molar refractivity (Wildman–Crippen MR) is 78.5 cm³/mol. The first-order valence-corrected chi connectivity index (χ1v) is 7.83. The highest BCUT2D eigenvalue weighted by atomic mass is 32.2. The van der Waals surface area contributed by atoms with E-state index >= 15 is 0 Å². The average molecular weight is 285 g/mol. The third-order valence-corrected chi connectivity index (χ3v) is 4.95. The first kappa shape index (κ1) is 15.9. The van der Waals surface area contributed by atoms with Crippen molar-refractivity contribution in [2.24, 2.45) is 0 Å². The largest absolute Gasteiger partial charge is 0.398 e. The first-order chi connectivity index (χ1) is 8.89. The Balaban J connectivity index is 2.87. The smallest absolute Gasteiger partial charge is 0.245 e. The number of benzene rings is 1. The summed E-state index contributed by atoms with van der Waals surface area (Å²) in [6.07, 6.45) is 0.798. The van der Waals surface area contributed by atoms with Crippen LogP contribution in [0.15, 0.2) is 29.2 Å². The van der Waals surface area contributed by atoms with E-state index < -0.39 is 10.0 Å². The van der Waals surface area contributed by atoms with Crippen molar-refractivity contribution in [3.8, 4) is 0 Å². The van der Waals surface area contributed by atoms with Crippen LogP contribution in [0.25, 0.3) is 0 Å². The quantitative estimate of drug-likeness (QED) is 0.765. The minimum Gasteiger partial charge on any atom is -0.398 e. The summed E-state index contributed by atoms with van der Waals surface area (Å²) in [7, 11) is 0.454. The molecule has 0 unspecified atom stereocenters. The third kappa shape index (κ3) is 4.19. The summed E-state index contributed by atoms with van der Waals surface area (Å²) in [6.45, 7) is 3.65. The number of sulfonamides is 1. The molecule has 5 nitrogen and oxygen atoms in total. The molecule has 0 aliphatic carbocycles. The van der Waals surface area contributed by atoms with Crippen LogP contribution in [0.4, 0.5) is 5.69 Å². The van der Waals surface area contributed by atoms with Gasteiger partial charge in [-0.05, 0) is 39.2 Å². The molecule has 0 radical (unpaired) electrons. The fourth-order valence-corrected chi connectivity index (χ4v) is 3.47. The number of anilines is 1. The fourth-order valence-electron chi connectivity index (χ4n) is 1.87. The monoisotopic (exact) mass is 285 g/mol. The molecule has 0 amide bonds. The Hall–Kier alpha value is -1.11. The van der Waals surface area contributed by atoms with Gasteiger partial charge in [0.25, 0.3) is 0 Å². The van der Waals surface area contributed by atoms with Gasteiger partial charge in [-0.15, -0.1) is 0 Å². The molecule has 0 aliphatic heterocycles. The minimum absolute atomic E-state index is 0.196. The number of nitrogens with zero attached hydrogens (tertiary/aromatic N) is 2. The predicted octanol–water partition coefficient (Wildman–Crippen LogP) is 1.23. The van der Waals surface area contributed by atoms with Crippen molar-refractivity contribution >= 4 is 15.7 Å². The molecule has 1 aromatic carbocycles. The minimum atomic E-state index is -3.49. The summed E-state index contributed by atoms with van der Waals surface area (Å²) in [5.74, 6) is 0. The van der Waals surface area contributed by atoms with Gasteiger partial charge < -0.3 is 10.6 Å². The van der Waals surface area contributed by atoms with E-state index in [1.807, 2.05) is 25.9 Å². The van der Waals surface area contributed by atoms with Gasteiger partial charge in [0.1, 0.15) is 4.90 Å². The van der Waals surface area contributed by atoms with E-state index in [1.165, 1.54) is 4.31 Å². The van der Waals surface area contributed by atoms with Crippen molar-refractivity contribution < 1.29 is 8.42 Å². The number of nitrogens with two attached hydrogens (primary N) is 1. The first-order valence-electron chi connectivity index (χ1n) is 6.39. The van der Waals surface area contributed by atoms with Gasteiger partial charge in [0.05, 0.1) is 5.69 Å². The van der Waals surface area contributed by atoms with Crippen LogP contribution in [-0.4, -0.2) is 51.4 Å². The molecule has 2 N–H and O–H groups in total. The van der Waals surface area contributed by atoms with E-state index in [-0.39, 0.29) is 4.90 Å². The van der Waals surface area contributed by atoms with E-state index in [4.69, 9.17) is 5.73 Å². The maximum Gasteiger partial charge on any atom is 0.245 e. The van der Waals surface area contributed by atoms with Gasteiger partial charge in [-0.3, -0.25) is 0 Å². The van der Waals surface area contributed by atoms with Crippen LogP contribution in [0.3, 0.4) is 0 Å². The lowest BCUT2D eigenvalue weighted by atomic mass is 10.3. The lowest BCUT2D eigenvalue weighted by Crippen LogP contribution is -2.33. The van der Waals surface area contributed by atoms with Crippen LogP contribution in [-0.2, 0) is 10.0 Å². The summed E-state index contributed by atoms with van der Waals surface area (Å²) < 4.78 is 26.5. The highest BCUT2D eigenvalue weighted by Crippen LogP contribution is 2.21. The summed E-state index contributed by atoms with van der Waals surface area (Å²) >= 11 is 0. The molecule has 0 fully saturated rings. The van der Waals surface area contributed by atoms with Crippen molar-refractivity contribution in [3.63, 3.8) is 0 Å². The SMILES string of the molecule is CCN(CCCN(C)C)S(=O)(=O)c1ccccc1N. The van der Waals surface area contributed by atoms with E-state index in [0.29, 0.717) is 18.8 Å². The summed E-state index contributed by atoms with van der Waals surface area (Å²) in [5, 5.41) is 0. The molecule has 108 valence electrons. The molecule has 0 spiro atoms. The molecule has 0 saturated heterocycles.